The predicted octanol–water partition coefficient (Wildman–Crippen LogP) is 0.916. The van der Waals surface area contributed by atoms with E-state index in [2.05, 4.69) is 4.72 Å². The van der Waals surface area contributed by atoms with Gasteiger partial charge in [-0.3, -0.25) is 14.4 Å². The first-order valence-electron chi connectivity index (χ1n) is 8.01. The SMILES string of the molecule is CN(C(=O)OC(C)(C)C)S(=O)(=O)NCCON1C(=O)c2ccccc2C1=O. The molecule has 1 N–H and O–H groups in total. The number of hydrogen-bond donors (Lipinski definition) is 1. The Labute approximate surface area is 157 Å². The van der Waals surface area contributed by atoms with E-state index in [1.807, 2.05) is 0 Å². The molecule has 1 aromatic carbocycles. The Morgan fingerprint density at radius 2 is 1.67 bits per heavy atom. The van der Waals surface area contributed by atoms with Crippen molar-refractivity contribution in [2.45, 2.75) is 26.4 Å². The van der Waals surface area contributed by atoms with Gasteiger partial charge in [0, 0.05) is 13.6 Å². The number of carbonyl (C=O) groups excluding carboxylic acids is 3. The van der Waals surface area contributed by atoms with E-state index < -0.39 is 33.7 Å². The van der Waals surface area contributed by atoms with Crippen LogP contribution >= 0.6 is 0 Å². The summed E-state index contributed by atoms with van der Waals surface area (Å²) >= 11 is 0. The lowest BCUT2D eigenvalue weighted by Gasteiger charge is -2.24. The summed E-state index contributed by atoms with van der Waals surface area (Å²) in [5.41, 5.74) is -0.421. The highest BCUT2D eigenvalue weighted by Crippen LogP contribution is 2.22. The Balaban J connectivity index is 1.87. The van der Waals surface area contributed by atoms with Gasteiger partial charge in [-0.2, -0.15) is 17.4 Å². The summed E-state index contributed by atoms with van der Waals surface area (Å²) in [6.07, 6.45) is -1.05. The van der Waals surface area contributed by atoms with Gasteiger partial charge in [0.2, 0.25) is 0 Å². The molecule has 1 aliphatic heterocycles. The summed E-state index contributed by atoms with van der Waals surface area (Å²) in [6, 6.07) is 6.23. The Bertz CT molecular complexity index is 826. The van der Waals surface area contributed by atoms with Gasteiger partial charge in [-0.1, -0.05) is 12.1 Å². The van der Waals surface area contributed by atoms with E-state index in [9.17, 15) is 22.8 Å². The Hall–Kier alpha value is -2.50. The monoisotopic (exact) mass is 399 g/mol. The third kappa shape index (κ3) is 4.81. The first-order valence-corrected chi connectivity index (χ1v) is 9.45. The van der Waals surface area contributed by atoms with Crippen LogP contribution in [-0.2, 0) is 19.8 Å². The average Bonchev–Trinajstić information content (AvgIpc) is 2.81. The van der Waals surface area contributed by atoms with Crippen LogP contribution in [0.4, 0.5) is 4.79 Å². The van der Waals surface area contributed by atoms with Gasteiger partial charge in [0.05, 0.1) is 17.7 Å². The molecule has 0 aliphatic carbocycles. The highest BCUT2D eigenvalue weighted by atomic mass is 32.2. The van der Waals surface area contributed by atoms with Crippen molar-refractivity contribution in [2.75, 3.05) is 20.2 Å². The Kier molecular flexibility index (Phi) is 5.88. The molecule has 0 fully saturated rings. The van der Waals surface area contributed by atoms with Crippen LogP contribution in [0.1, 0.15) is 41.5 Å². The summed E-state index contributed by atoms with van der Waals surface area (Å²) in [5.74, 6) is -1.24. The number of hydroxylamine groups is 2. The minimum atomic E-state index is -4.17. The lowest BCUT2D eigenvalue weighted by Crippen LogP contribution is -2.45. The maximum absolute atomic E-state index is 12.1. The van der Waals surface area contributed by atoms with Gasteiger partial charge in [-0.05, 0) is 32.9 Å². The first-order chi connectivity index (χ1) is 12.4. The number of carbonyl (C=O) groups is 3. The minimum Gasteiger partial charge on any atom is -0.443 e. The molecule has 1 aromatic rings. The first kappa shape index (κ1) is 20.8. The quantitative estimate of drug-likeness (QED) is 0.557. The number of rotatable bonds is 6. The van der Waals surface area contributed by atoms with Gasteiger partial charge in [0.1, 0.15) is 5.60 Å². The largest absolute Gasteiger partial charge is 0.443 e. The molecule has 0 spiro atoms. The molecule has 0 radical (unpaired) electrons. The zero-order valence-electron chi connectivity index (χ0n) is 15.4. The van der Waals surface area contributed by atoms with Crippen LogP contribution in [0.25, 0.3) is 0 Å². The van der Waals surface area contributed by atoms with Crippen molar-refractivity contribution in [1.29, 1.82) is 0 Å². The van der Waals surface area contributed by atoms with E-state index in [-0.39, 0.29) is 24.3 Å². The van der Waals surface area contributed by atoms with Crippen molar-refractivity contribution in [2.24, 2.45) is 0 Å². The molecule has 0 bridgehead atoms. The molecule has 2 rings (SSSR count). The second kappa shape index (κ2) is 7.62. The van der Waals surface area contributed by atoms with Crippen LogP contribution in [0.3, 0.4) is 0 Å². The van der Waals surface area contributed by atoms with Crippen molar-refractivity contribution in [3.05, 3.63) is 35.4 Å². The highest BCUT2D eigenvalue weighted by Gasteiger charge is 2.36. The summed E-state index contributed by atoms with van der Waals surface area (Å²) in [4.78, 5) is 41.1. The molecular weight excluding hydrogens is 378 g/mol. The molecule has 1 heterocycles. The molecule has 3 amide bonds. The molecule has 0 saturated carbocycles. The number of hydrogen-bond acceptors (Lipinski definition) is 7. The Morgan fingerprint density at radius 3 is 2.15 bits per heavy atom. The third-order valence-electron chi connectivity index (χ3n) is 3.37. The van der Waals surface area contributed by atoms with Crippen LogP contribution in [0.15, 0.2) is 24.3 Å². The van der Waals surface area contributed by atoms with Crippen molar-refractivity contribution in [1.82, 2.24) is 14.1 Å². The molecule has 0 atom stereocenters. The van der Waals surface area contributed by atoms with Crippen LogP contribution in [-0.4, -0.2) is 61.5 Å². The number of amides is 3. The maximum atomic E-state index is 12.1. The van der Waals surface area contributed by atoms with Gasteiger partial charge in [-0.15, -0.1) is 5.06 Å². The molecular formula is C16H21N3O7S. The van der Waals surface area contributed by atoms with E-state index in [0.29, 0.717) is 9.37 Å². The number of ether oxygens (including phenoxy) is 1. The molecule has 11 heteroatoms. The standard InChI is InChI=1S/C16H21N3O7S/c1-16(2,3)26-15(22)18(4)27(23,24)17-9-10-25-19-13(20)11-7-5-6-8-12(11)14(19)21/h5-8,17H,9-10H2,1-4H3. The minimum absolute atomic E-state index is 0.215. The summed E-state index contributed by atoms with van der Waals surface area (Å²) < 4.78 is 31.7. The third-order valence-corrected chi connectivity index (χ3v) is 4.81. The van der Waals surface area contributed by atoms with Gasteiger partial charge in [-0.25, -0.2) is 4.79 Å². The normalized spacial score (nSPS) is 14.3. The fraction of sp³-hybridized carbons (Fsp3) is 0.438. The van der Waals surface area contributed by atoms with Crippen LogP contribution in [0, 0.1) is 0 Å². The summed E-state index contributed by atoms with van der Waals surface area (Å²) in [7, 11) is -3.12. The van der Waals surface area contributed by atoms with Gasteiger partial charge in [0.25, 0.3) is 11.8 Å². The highest BCUT2D eigenvalue weighted by molar-refractivity contribution is 7.87. The molecule has 1 aliphatic rings. The zero-order valence-corrected chi connectivity index (χ0v) is 16.2. The Morgan fingerprint density at radius 1 is 1.15 bits per heavy atom. The number of nitrogens with zero attached hydrogens (tertiary/aromatic N) is 2. The summed E-state index contributed by atoms with van der Waals surface area (Å²) in [6.45, 7) is 4.24. The maximum Gasteiger partial charge on any atom is 0.424 e. The molecule has 0 unspecified atom stereocenters. The molecule has 27 heavy (non-hydrogen) atoms. The molecule has 148 valence electrons. The summed E-state index contributed by atoms with van der Waals surface area (Å²) in [5, 5.41) is 0.580. The van der Waals surface area contributed by atoms with E-state index in [1.165, 1.54) is 12.1 Å². The zero-order chi connectivity index (χ0) is 20.4. The van der Waals surface area contributed by atoms with Crippen molar-refractivity contribution in [3.8, 4) is 0 Å². The van der Waals surface area contributed by atoms with E-state index in [0.717, 1.165) is 7.05 Å². The van der Waals surface area contributed by atoms with Crippen molar-refractivity contribution >= 4 is 28.1 Å². The fourth-order valence-corrected chi connectivity index (χ4v) is 2.88. The van der Waals surface area contributed by atoms with E-state index >= 15 is 0 Å². The second-order valence-corrected chi connectivity index (χ2v) is 8.42. The van der Waals surface area contributed by atoms with Gasteiger partial charge < -0.3 is 4.74 Å². The van der Waals surface area contributed by atoms with Crippen molar-refractivity contribution in [3.63, 3.8) is 0 Å². The number of benzene rings is 1. The van der Waals surface area contributed by atoms with Crippen LogP contribution < -0.4 is 4.72 Å². The van der Waals surface area contributed by atoms with Gasteiger partial charge >= 0.3 is 16.3 Å². The lowest BCUT2D eigenvalue weighted by molar-refractivity contribution is -0.0888. The fourth-order valence-electron chi connectivity index (χ4n) is 2.11. The van der Waals surface area contributed by atoms with Gasteiger partial charge in [0.15, 0.2) is 0 Å². The topological polar surface area (TPSA) is 122 Å². The lowest BCUT2D eigenvalue weighted by atomic mass is 10.1. The van der Waals surface area contributed by atoms with Crippen molar-refractivity contribution < 1.29 is 32.4 Å². The molecule has 0 saturated heterocycles. The number of imide groups is 1. The van der Waals surface area contributed by atoms with E-state index in [4.69, 9.17) is 9.57 Å². The number of nitrogens with one attached hydrogen (secondary N) is 1. The average molecular weight is 399 g/mol. The molecule has 10 nitrogen and oxygen atoms in total. The molecule has 0 aromatic heterocycles. The van der Waals surface area contributed by atoms with E-state index in [1.54, 1.807) is 32.9 Å². The smallest absolute Gasteiger partial charge is 0.424 e. The predicted molar refractivity (Wildman–Crippen MR) is 93.8 cm³/mol. The second-order valence-electron chi connectivity index (χ2n) is 6.63. The van der Waals surface area contributed by atoms with Crippen LogP contribution in [0.5, 0.6) is 0 Å². The van der Waals surface area contributed by atoms with Crippen LogP contribution in [0.2, 0.25) is 0 Å². The number of fused-ring (bicyclic) bond motifs is 1.